The molecule has 100 valence electrons. The zero-order valence-corrected chi connectivity index (χ0v) is 13.2. The van der Waals surface area contributed by atoms with Crippen molar-refractivity contribution in [2.45, 2.75) is 64.8 Å². The summed E-state index contributed by atoms with van der Waals surface area (Å²) in [5.74, 6) is 0.273. The summed E-state index contributed by atoms with van der Waals surface area (Å²) in [4.78, 5) is 10.8. The van der Waals surface area contributed by atoms with E-state index in [1.54, 1.807) is 0 Å². The summed E-state index contributed by atoms with van der Waals surface area (Å²) < 4.78 is 6.32. The second-order valence-corrected chi connectivity index (χ2v) is 10.9. The van der Waals surface area contributed by atoms with Gasteiger partial charge in [-0.05, 0) is 24.6 Å². The van der Waals surface area contributed by atoms with E-state index in [1.165, 1.54) is 0 Å². The molecule has 3 heteroatoms. The average molecular weight is 256 g/mol. The van der Waals surface area contributed by atoms with Crippen LogP contribution >= 0.6 is 0 Å². The molecule has 0 aliphatic rings. The normalized spacial score (nSPS) is 16.4. The van der Waals surface area contributed by atoms with E-state index in [9.17, 15) is 4.79 Å². The van der Waals surface area contributed by atoms with E-state index in [0.29, 0.717) is 6.42 Å². The van der Waals surface area contributed by atoms with Crippen LogP contribution in [-0.2, 0) is 9.22 Å². The Hall–Kier alpha value is -0.413. The van der Waals surface area contributed by atoms with E-state index in [2.05, 4.69) is 47.4 Å². The number of carbonyl (C=O) groups is 1. The number of hydrogen-bond donors (Lipinski definition) is 0. The topological polar surface area (TPSA) is 26.3 Å². The lowest BCUT2D eigenvalue weighted by molar-refractivity contribution is -0.109. The summed E-state index contributed by atoms with van der Waals surface area (Å²) >= 11 is 0. The molecule has 2 nitrogen and oxygen atoms in total. The highest BCUT2D eigenvalue weighted by Crippen LogP contribution is 2.38. The van der Waals surface area contributed by atoms with Gasteiger partial charge in [-0.1, -0.05) is 33.8 Å². The molecule has 0 heterocycles. The van der Waals surface area contributed by atoms with Crippen molar-refractivity contribution >= 4 is 14.6 Å². The van der Waals surface area contributed by atoms with Gasteiger partial charge in [0.1, 0.15) is 6.29 Å². The van der Waals surface area contributed by atoms with Crippen molar-refractivity contribution in [3.63, 3.8) is 0 Å². The van der Waals surface area contributed by atoms with Crippen molar-refractivity contribution in [3.05, 3.63) is 12.7 Å². The average Bonchev–Trinajstić information content (AvgIpc) is 2.17. The van der Waals surface area contributed by atoms with Gasteiger partial charge in [0.15, 0.2) is 8.32 Å². The molecule has 0 saturated carbocycles. The van der Waals surface area contributed by atoms with Crippen molar-refractivity contribution in [3.8, 4) is 0 Å². The van der Waals surface area contributed by atoms with Crippen molar-refractivity contribution in [2.24, 2.45) is 5.92 Å². The van der Waals surface area contributed by atoms with Gasteiger partial charge in [0.2, 0.25) is 0 Å². The van der Waals surface area contributed by atoms with E-state index < -0.39 is 8.32 Å². The van der Waals surface area contributed by atoms with Gasteiger partial charge in [-0.15, -0.1) is 6.58 Å². The minimum Gasteiger partial charge on any atom is -0.413 e. The fraction of sp³-hybridized carbons (Fsp3) is 0.786. The van der Waals surface area contributed by atoms with E-state index in [1.807, 2.05) is 6.08 Å². The predicted molar refractivity (Wildman–Crippen MR) is 76.7 cm³/mol. The molecule has 0 unspecified atom stereocenters. The lowest BCUT2D eigenvalue weighted by Crippen LogP contribution is -2.45. The molecule has 0 aromatic carbocycles. The SMILES string of the molecule is C=C[C@@H](CC)[C@@H](CC=O)O[Si](C)(C)C(C)(C)C. The Bertz CT molecular complexity index is 253. The molecule has 0 bridgehead atoms. The Kier molecular flexibility index (Phi) is 6.34. The van der Waals surface area contributed by atoms with Crippen LogP contribution < -0.4 is 0 Å². The minimum atomic E-state index is -1.81. The monoisotopic (exact) mass is 256 g/mol. The van der Waals surface area contributed by atoms with Crippen LogP contribution in [0.4, 0.5) is 0 Å². The number of hydrogen-bond acceptors (Lipinski definition) is 2. The van der Waals surface area contributed by atoms with Crippen molar-refractivity contribution in [1.29, 1.82) is 0 Å². The number of carbonyl (C=O) groups excluding carboxylic acids is 1. The molecule has 2 atom stereocenters. The first-order valence-electron chi connectivity index (χ1n) is 6.43. The molecule has 0 amide bonds. The Morgan fingerprint density at radius 3 is 2.18 bits per heavy atom. The third-order valence-electron chi connectivity index (χ3n) is 3.83. The van der Waals surface area contributed by atoms with Crippen LogP contribution in [0.5, 0.6) is 0 Å². The van der Waals surface area contributed by atoms with Gasteiger partial charge in [-0.2, -0.15) is 0 Å². The number of rotatable bonds is 7. The third-order valence-corrected chi connectivity index (χ3v) is 8.34. The molecule has 0 fully saturated rings. The van der Waals surface area contributed by atoms with Gasteiger partial charge < -0.3 is 9.22 Å². The fourth-order valence-corrected chi connectivity index (χ4v) is 2.92. The van der Waals surface area contributed by atoms with Gasteiger partial charge in [-0.25, -0.2) is 0 Å². The summed E-state index contributed by atoms with van der Waals surface area (Å²) in [5.41, 5.74) is 0. The number of aldehydes is 1. The molecule has 0 aliphatic carbocycles. The van der Waals surface area contributed by atoms with Crippen LogP contribution in [0.15, 0.2) is 12.7 Å². The second-order valence-electron chi connectivity index (χ2n) is 6.13. The largest absolute Gasteiger partial charge is 0.413 e. The summed E-state index contributed by atoms with van der Waals surface area (Å²) in [6, 6.07) is 0. The van der Waals surface area contributed by atoms with E-state index in [0.717, 1.165) is 12.7 Å². The Morgan fingerprint density at radius 2 is 1.88 bits per heavy atom. The van der Waals surface area contributed by atoms with Crippen LogP contribution in [0.1, 0.15) is 40.5 Å². The lowest BCUT2D eigenvalue weighted by atomic mass is 9.98. The molecule has 0 N–H and O–H groups in total. The summed E-state index contributed by atoms with van der Waals surface area (Å²) in [6.45, 7) is 17.0. The zero-order valence-electron chi connectivity index (χ0n) is 12.2. The molecule has 0 radical (unpaired) electrons. The third kappa shape index (κ3) is 4.76. The standard InChI is InChI=1S/C14H28O2Si/c1-8-12(9-2)13(10-11-15)16-17(6,7)14(3,4)5/h8,11-13H,1,9-10H2,2-7H3/t12-,13+/m0/s1. The summed E-state index contributed by atoms with van der Waals surface area (Å²) in [5, 5.41) is 0.174. The van der Waals surface area contributed by atoms with Gasteiger partial charge in [0, 0.05) is 12.3 Å². The Balaban J connectivity index is 4.86. The van der Waals surface area contributed by atoms with Crippen LogP contribution in [-0.4, -0.2) is 20.7 Å². The molecule has 0 spiro atoms. The van der Waals surface area contributed by atoms with Crippen molar-refractivity contribution in [2.75, 3.05) is 0 Å². The maximum atomic E-state index is 10.8. The Labute approximate surface area is 108 Å². The first-order valence-corrected chi connectivity index (χ1v) is 9.34. The highest BCUT2D eigenvalue weighted by molar-refractivity contribution is 6.74. The molecule has 17 heavy (non-hydrogen) atoms. The zero-order chi connectivity index (χ0) is 13.7. The van der Waals surface area contributed by atoms with Gasteiger partial charge in [-0.3, -0.25) is 0 Å². The molecule has 0 aromatic heterocycles. The molecular weight excluding hydrogens is 228 g/mol. The van der Waals surface area contributed by atoms with Crippen molar-refractivity contribution in [1.82, 2.24) is 0 Å². The molecule has 0 aliphatic heterocycles. The minimum absolute atomic E-state index is 0.00380. The van der Waals surface area contributed by atoms with E-state index >= 15 is 0 Å². The van der Waals surface area contributed by atoms with Crippen LogP contribution in [0.25, 0.3) is 0 Å². The maximum Gasteiger partial charge on any atom is 0.192 e. The lowest BCUT2D eigenvalue weighted by Gasteiger charge is -2.40. The summed E-state index contributed by atoms with van der Waals surface area (Å²) in [6.07, 6.45) is 4.31. The van der Waals surface area contributed by atoms with Crippen LogP contribution in [0.3, 0.4) is 0 Å². The van der Waals surface area contributed by atoms with Crippen LogP contribution in [0, 0.1) is 5.92 Å². The molecule has 0 aromatic rings. The quantitative estimate of drug-likeness (QED) is 0.388. The van der Waals surface area contributed by atoms with Gasteiger partial charge in [0.05, 0.1) is 6.10 Å². The highest BCUT2D eigenvalue weighted by atomic mass is 28.4. The molecule has 0 rings (SSSR count). The van der Waals surface area contributed by atoms with Gasteiger partial charge in [0.25, 0.3) is 0 Å². The van der Waals surface area contributed by atoms with E-state index in [4.69, 9.17) is 4.43 Å². The van der Waals surface area contributed by atoms with Gasteiger partial charge >= 0.3 is 0 Å². The molecule has 0 saturated heterocycles. The van der Waals surface area contributed by atoms with E-state index in [-0.39, 0.29) is 17.1 Å². The first kappa shape index (κ1) is 16.6. The molecular formula is C14H28O2Si. The highest BCUT2D eigenvalue weighted by Gasteiger charge is 2.40. The smallest absolute Gasteiger partial charge is 0.192 e. The first-order chi connectivity index (χ1) is 7.69. The summed E-state index contributed by atoms with van der Waals surface area (Å²) in [7, 11) is -1.81. The maximum absolute atomic E-state index is 10.8. The van der Waals surface area contributed by atoms with Crippen molar-refractivity contribution < 1.29 is 9.22 Å². The second kappa shape index (κ2) is 6.50. The Morgan fingerprint density at radius 1 is 1.35 bits per heavy atom. The van der Waals surface area contributed by atoms with Crippen LogP contribution in [0.2, 0.25) is 18.1 Å². The predicted octanol–water partition coefficient (Wildman–Crippen LogP) is 4.18. The fourth-order valence-electron chi connectivity index (χ4n) is 1.54.